The fourth-order valence-corrected chi connectivity index (χ4v) is 2.35. The van der Waals surface area contributed by atoms with Gasteiger partial charge in [0, 0.05) is 17.0 Å². The zero-order chi connectivity index (χ0) is 13.6. The van der Waals surface area contributed by atoms with Crippen LogP contribution < -0.4 is 5.56 Å². The molecule has 1 N–H and O–H groups in total. The maximum Gasteiger partial charge on any atom is 0.254 e. The first-order valence-corrected chi connectivity index (χ1v) is 6.74. The monoisotopic (exact) mass is 254 g/mol. The molecule has 1 aromatic carbocycles. The minimum absolute atomic E-state index is 0.00666. The van der Waals surface area contributed by atoms with Gasteiger partial charge in [-0.05, 0) is 45.2 Å². The third kappa shape index (κ3) is 2.21. The van der Waals surface area contributed by atoms with Crippen molar-refractivity contribution in [3.63, 3.8) is 0 Å². The van der Waals surface area contributed by atoms with Gasteiger partial charge in [-0.25, -0.2) is 4.98 Å². The van der Waals surface area contributed by atoms with Crippen molar-refractivity contribution in [1.29, 1.82) is 0 Å². The third-order valence-corrected chi connectivity index (χ3v) is 3.78. The maximum atomic E-state index is 12.1. The van der Waals surface area contributed by atoms with Gasteiger partial charge in [0.1, 0.15) is 5.82 Å². The van der Waals surface area contributed by atoms with Crippen molar-refractivity contribution in [3.05, 3.63) is 51.1 Å². The number of aromatic amines is 1. The standard InChI is InChI=1S/C16H18N2O/c1-9-4-5-10(2)13(8-9)14-11(3)16(19)18-15(17-14)12-6-7-12/h4-5,8,12H,6-7H2,1-3H3,(H,17,18,19). The van der Waals surface area contributed by atoms with Gasteiger partial charge in [0.05, 0.1) is 5.69 Å². The molecule has 19 heavy (non-hydrogen) atoms. The number of hydrogen-bond acceptors (Lipinski definition) is 2. The minimum Gasteiger partial charge on any atom is -0.310 e. The SMILES string of the molecule is Cc1ccc(C)c(-c2nc(C3CC3)[nH]c(=O)c2C)c1. The Bertz CT molecular complexity index is 696. The Labute approximate surface area is 112 Å². The number of nitrogens with zero attached hydrogens (tertiary/aromatic N) is 1. The van der Waals surface area contributed by atoms with Crippen LogP contribution in [0.3, 0.4) is 0 Å². The van der Waals surface area contributed by atoms with Crippen molar-refractivity contribution in [1.82, 2.24) is 9.97 Å². The van der Waals surface area contributed by atoms with Crippen LogP contribution in [0.5, 0.6) is 0 Å². The van der Waals surface area contributed by atoms with Crippen LogP contribution in [0.1, 0.15) is 41.3 Å². The molecule has 1 aliphatic rings. The second kappa shape index (κ2) is 4.34. The summed E-state index contributed by atoms with van der Waals surface area (Å²) in [5, 5.41) is 0. The summed E-state index contributed by atoms with van der Waals surface area (Å²) in [6.07, 6.45) is 2.27. The molecule has 1 aromatic heterocycles. The Morgan fingerprint density at radius 1 is 1.21 bits per heavy atom. The van der Waals surface area contributed by atoms with Crippen molar-refractivity contribution in [2.24, 2.45) is 0 Å². The Hall–Kier alpha value is -1.90. The summed E-state index contributed by atoms with van der Waals surface area (Å²) in [6.45, 7) is 5.97. The molecule has 3 nitrogen and oxygen atoms in total. The Balaban J connectivity index is 2.23. The average Bonchev–Trinajstić information content (AvgIpc) is 3.20. The van der Waals surface area contributed by atoms with E-state index in [0.29, 0.717) is 11.5 Å². The molecule has 0 radical (unpaired) electrons. The predicted octanol–water partition coefficient (Wildman–Crippen LogP) is 3.24. The highest BCUT2D eigenvalue weighted by Crippen LogP contribution is 2.38. The fraction of sp³-hybridized carbons (Fsp3) is 0.375. The highest BCUT2D eigenvalue weighted by Gasteiger charge is 2.27. The Morgan fingerprint density at radius 2 is 1.95 bits per heavy atom. The van der Waals surface area contributed by atoms with Crippen LogP contribution in [0.2, 0.25) is 0 Å². The molecule has 0 saturated heterocycles. The molecule has 0 amide bonds. The van der Waals surface area contributed by atoms with Gasteiger partial charge in [-0.15, -0.1) is 0 Å². The summed E-state index contributed by atoms with van der Waals surface area (Å²) in [5.74, 6) is 1.31. The smallest absolute Gasteiger partial charge is 0.254 e. The van der Waals surface area contributed by atoms with Gasteiger partial charge in [0.2, 0.25) is 0 Å². The molecule has 1 aliphatic carbocycles. The van der Waals surface area contributed by atoms with Gasteiger partial charge in [0.25, 0.3) is 5.56 Å². The predicted molar refractivity (Wildman–Crippen MR) is 76.5 cm³/mol. The lowest BCUT2D eigenvalue weighted by Gasteiger charge is -2.10. The second-order valence-corrected chi connectivity index (χ2v) is 5.52. The topological polar surface area (TPSA) is 45.8 Å². The number of hydrogen-bond donors (Lipinski definition) is 1. The van der Waals surface area contributed by atoms with E-state index in [0.717, 1.165) is 35.5 Å². The number of benzene rings is 1. The van der Waals surface area contributed by atoms with E-state index in [-0.39, 0.29) is 5.56 Å². The van der Waals surface area contributed by atoms with Gasteiger partial charge in [-0.1, -0.05) is 17.7 Å². The number of aryl methyl sites for hydroxylation is 2. The van der Waals surface area contributed by atoms with Crippen LogP contribution in [-0.2, 0) is 0 Å². The third-order valence-electron chi connectivity index (χ3n) is 3.78. The van der Waals surface area contributed by atoms with Crippen molar-refractivity contribution in [2.75, 3.05) is 0 Å². The van der Waals surface area contributed by atoms with E-state index in [1.807, 2.05) is 6.92 Å². The van der Waals surface area contributed by atoms with Crippen LogP contribution in [0.15, 0.2) is 23.0 Å². The number of nitrogens with one attached hydrogen (secondary N) is 1. The molecule has 1 heterocycles. The van der Waals surface area contributed by atoms with Crippen LogP contribution in [0, 0.1) is 20.8 Å². The van der Waals surface area contributed by atoms with Crippen molar-refractivity contribution < 1.29 is 0 Å². The van der Waals surface area contributed by atoms with Gasteiger partial charge < -0.3 is 4.98 Å². The fourth-order valence-electron chi connectivity index (χ4n) is 2.35. The van der Waals surface area contributed by atoms with E-state index in [1.54, 1.807) is 0 Å². The van der Waals surface area contributed by atoms with Gasteiger partial charge >= 0.3 is 0 Å². The van der Waals surface area contributed by atoms with Crippen molar-refractivity contribution in [2.45, 2.75) is 39.5 Å². The largest absolute Gasteiger partial charge is 0.310 e. The van der Waals surface area contributed by atoms with Gasteiger partial charge in [-0.2, -0.15) is 0 Å². The highest BCUT2D eigenvalue weighted by molar-refractivity contribution is 5.67. The van der Waals surface area contributed by atoms with E-state index < -0.39 is 0 Å². The number of rotatable bonds is 2. The lowest BCUT2D eigenvalue weighted by atomic mass is 10.00. The summed E-state index contributed by atoms with van der Waals surface area (Å²) >= 11 is 0. The second-order valence-electron chi connectivity index (χ2n) is 5.52. The molecular formula is C16H18N2O. The lowest BCUT2D eigenvalue weighted by Crippen LogP contribution is -2.16. The molecule has 0 aliphatic heterocycles. The lowest BCUT2D eigenvalue weighted by molar-refractivity contribution is 0.900. The van der Waals surface area contributed by atoms with Crippen molar-refractivity contribution in [3.8, 4) is 11.3 Å². The summed E-state index contributed by atoms with van der Waals surface area (Å²) < 4.78 is 0. The van der Waals surface area contributed by atoms with Gasteiger partial charge in [-0.3, -0.25) is 4.79 Å². The summed E-state index contributed by atoms with van der Waals surface area (Å²) in [6, 6.07) is 6.29. The first-order valence-electron chi connectivity index (χ1n) is 6.74. The highest BCUT2D eigenvalue weighted by atomic mass is 16.1. The molecule has 2 aromatic rings. The summed E-state index contributed by atoms with van der Waals surface area (Å²) in [5.41, 5.74) is 4.96. The van der Waals surface area contributed by atoms with Crippen molar-refractivity contribution >= 4 is 0 Å². The molecule has 3 heteroatoms. The van der Waals surface area contributed by atoms with Crippen LogP contribution in [0.25, 0.3) is 11.3 Å². The first-order chi connectivity index (χ1) is 9.06. The molecule has 0 spiro atoms. The summed E-state index contributed by atoms with van der Waals surface area (Å²) in [4.78, 5) is 19.7. The van der Waals surface area contributed by atoms with E-state index in [1.165, 1.54) is 5.56 Å². The quantitative estimate of drug-likeness (QED) is 0.894. The average molecular weight is 254 g/mol. The zero-order valence-electron chi connectivity index (χ0n) is 11.6. The van der Waals surface area contributed by atoms with E-state index in [2.05, 4.69) is 37.0 Å². The molecule has 1 saturated carbocycles. The maximum absolute atomic E-state index is 12.1. The van der Waals surface area contributed by atoms with E-state index >= 15 is 0 Å². The number of H-pyrrole nitrogens is 1. The molecule has 98 valence electrons. The molecule has 3 rings (SSSR count). The van der Waals surface area contributed by atoms with Crippen LogP contribution in [0.4, 0.5) is 0 Å². The molecular weight excluding hydrogens is 236 g/mol. The van der Waals surface area contributed by atoms with Crippen LogP contribution in [-0.4, -0.2) is 9.97 Å². The Kier molecular flexibility index (Phi) is 2.77. The normalized spacial score (nSPS) is 14.7. The first kappa shape index (κ1) is 12.2. The van der Waals surface area contributed by atoms with Gasteiger partial charge in [0.15, 0.2) is 0 Å². The van der Waals surface area contributed by atoms with Crippen LogP contribution >= 0.6 is 0 Å². The Morgan fingerprint density at radius 3 is 2.63 bits per heavy atom. The zero-order valence-corrected chi connectivity index (χ0v) is 11.6. The summed E-state index contributed by atoms with van der Waals surface area (Å²) in [7, 11) is 0. The number of aromatic nitrogens is 2. The molecule has 0 unspecified atom stereocenters. The van der Waals surface area contributed by atoms with E-state index in [9.17, 15) is 4.79 Å². The molecule has 1 fully saturated rings. The molecule has 0 bridgehead atoms. The minimum atomic E-state index is -0.00666. The van der Waals surface area contributed by atoms with E-state index in [4.69, 9.17) is 4.98 Å². The molecule has 0 atom stereocenters.